The summed E-state index contributed by atoms with van der Waals surface area (Å²) in [6, 6.07) is 12.5. The first kappa shape index (κ1) is 17.8. The number of rotatable bonds is 3. The molecule has 0 amide bonds. The van der Waals surface area contributed by atoms with Gasteiger partial charge in [0.1, 0.15) is 18.3 Å². The fourth-order valence-corrected chi connectivity index (χ4v) is 2.35. The molecule has 0 aliphatic rings. The number of nitrogens with zero attached hydrogens (tertiary/aromatic N) is 1. The molecule has 0 saturated carbocycles. The summed E-state index contributed by atoms with van der Waals surface area (Å²) < 4.78 is 0. The highest BCUT2D eigenvalue weighted by Gasteiger charge is 2.03. The Morgan fingerprint density at radius 2 is 1.56 bits per heavy atom. The number of carbonyl (C=O) groups excluding carboxylic acids is 3. The average molecular weight is 335 g/mol. The molecule has 2 aromatic heterocycles. The molecule has 0 aliphatic heterocycles. The van der Waals surface area contributed by atoms with E-state index in [1.807, 2.05) is 30.5 Å². The normalized spacial score (nSPS) is 9.76. The molecule has 0 spiro atoms. The van der Waals surface area contributed by atoms with Crippen molar-refractivity contribution in [1.82, 2.24) is 15.2 Å². The van der Waals surface area contributed by atoms with E-state index >= 15 is 0 Å². The van der Waals surface area contributed by atoms with E-state index in [4.69, 9.17) is 0 Å². The van der Waals surface area contributed by atoms with Crippen LogP contribution in [0.5, 0.6) is 0 Å². The third-order valence-electron chi connectivity index (χ3n) is 3.58. The fraction of sp³-hybridized carbons (Fsp3) is 0.0526. The zero-order chi connectivity index (χ0) is 16.9. The van der Waals surface area contributed by atoms with Crippen LogP contribution in [0.1, 0.15) is 38.6 Å². The van der Waals surface area contributed by atoms with Gasteiger partial charge in [0.05, 0.1) is 5.52 Å². The molecule has 126 valence electrons. The van der Waals surface area contributed by atoms with E-state index in [1.165, 1.54) is 0 Å². The lowest BCUT2D eigenvalue weighted by molar-refractivity contribution is 0.111. The Bertz CT molecular complexity index is 1030. The first-order chi connectivity index (χ1) is 11.7. The second kappa shape index (κ2) is 7.83. The van der Waals surface area contributed by atoms with Crippen molar-refractivity contribution < 1.29 is 14.4 Å². The molecular weight excluding hydrogens is 318 g/mol. The number of benzene rings is 2. The van der Waals surface area contributed by atoms with E-state index in [-0.39, 0.29) is 7.43 Å². The van der Waals surface area contributed by atoms with E-state index in [0.717, 1.165) is 28.9 Å². The molecule has 0 atom stereocenters. The maximum Gasteiger partial charge on any atom is 0.168 e. The smallest absolute Gasteiger partial charge is 0.168 e. The third kappa shape index (κ3) is 3.69. The number of aldehydes is 3. The summed E-state index contributed by atoms with van der Waals surface area (Å²) in [4.78, 5) is 34.3. The van der Waals surface area contributed by atoms with Gasteiger partial charge in [0, 0.05) is 28.2 Å². The lowest BCUT2D eigenvalue weighted by atomic mass is 10.1. The second-order valence-electron chi connectivity index (χ2n) is 5.09. The Morgan fingerprint density at radius 1 is 0.840 bits per heavy atom. The van der Waals surface area contributed by atoms with Crippen molar-refractivity contribution in [2.45, 2.75) is 7.43 Å². The topological polar surface area (TPSA) is 95.7 Å². The molecule has 0 unspecified atom stereocenters. The minimum atomic E-state index is 0. The van der Waals surface area contributed by atoms with Crippen LogP contribution in [0.3, 0.4) is 0 Å². The maximum atomic E-state index is 10.5. The highest BCUT2D eigenvalue weighted by Crippen LogP contribution is 2.15. The Morgan fingerprint density at radius 3 is 2.28 bits per heavy atom. The van der Waals surface area contributed by atoms with Crippen LogP contribution < -0.4 is 0 Å². The monoisotopic (exact) mass is 335 g/mol. The summed E-state index contributed by atoms with van der Waals surface area (Å²) in [5.41, 5.74) is 3.34. The summed E-state index contributed by atoms with van der Waals surface area (Å²) >= 11 is 0. The summed E-state index contributed by atoms with van der Waals surface area (Å²) in [5, 5.41) is 8.34. The van der Waals surface area contributed by atoms with Gasteiger partial charge in [-0.25, -0.2) is 0 Å². The second-order valence-corrected chi connectivity index (χ2v) is 5.09. The van der Waals surface area contributed by atoms with Crippen molar-refractivity contribution >= 4 is 40.7 Å². The zero-order valence-corrected chi connectivity index (χ0v) is 12.5. The maximum absolute atomic E-state index is 10.5. The summed E-state index contributed by atoms with van der Waals surface area (Å²) in [7, 11) is 0. The Kier molecular flexibility index (Phi) is 5.58. The number of carbonyl (C=O) groups is 3. The highest BCUT2D eigenvalue weighted by molar-refractivity contribution is 5.96. The van der Waals surface area contributed by atoms with E-state index in [9.17, 15) is 14.4 Å². The van der Waals surface area contributed by atoms with Crippen molar-refractivity contribution in [3.05, 3.63) is 65.5 Å². The summed E-state index contributed by atoms with van der Waals surface area (Å²) in [6.45, 7) is 0. The molecule has 6 nitrogen and oxygen atoms in total. The van der Waals surface area contributed by atoms with Crippen molar-refractivity contribution in [1.29, 1.82) is 0 Å². The number of hydrogen-bond donors (Lipinski definition) is 2. The first-order valence-corrected chi connectivity index (χ1v) is 7.16. The van der Waals surface area contributed by atoms with Crippen LogP contribution in [-0.4, -0.2) is 34.0 Å². The van der Waals surface area contributed by atoms with E-state index < -0.39 is 0 Å². The molecule has 2 N–H and O–H groups in total. The molecular formula is C19H17N3O3. The Balaban J connectivity index is 0.000000175. The minimum absolute atomic E-state index is 0. The number of aromatic amines is 2. The van der Waals surface area contributed by atoms with Crippen molar-refractivity contribution in [3.8, 4) is 0 Å². The fourth-order valence-electron chi connectivity index (χ4n) is 2.35. The van der Waals surface area contributed by atoms with Crippen LogP contribution in [0, 0.1) is 0 Å². The standard InChI is InChI=1S/C9H6N2O2.C9H7NO.CH4/c12-4-6-1-2-7-8(3-6)10-11-9(7)5-13;11-6-7-1-2-8-3-4-10-9(8)5-7;/h1-5H,(H,10,11);1-6,10H;1H4. The number of aromatic nitrogens is 3. The van der Waals surface area contributed by atoms with Gasteiger partial charge in [-0.1, -0.05) is 25.6 Å². The first-order valence-electron chi connectivity index (χ1n) is 7.16. The van der Waals surface area contributed by atoms with Crippen LogP contribution in [-0.2, 0) is 0 Å². The molecule has 0 radical (unpaired) electrons. The third-order valence-corrected chi connectivity index (χ3v) is 3.58. The van der Waals surface area contributed by atoms with Crippen molar-refractivity contribution in [2.24, 2.45) is 0 Å². The van der Waals surface area contributed by atoms with Gasteiger partial charge in [-0.15, -0.1) is 0 Å². The van der Waals surface area contributed by atoms with E-state index in [2.05, 4.69) is 15.2 Å². The van der Waals surface area contributed by atoms with Crippen LogP contribution in [0.25, 0.3) is 21.8 Å². The number of hydrogen-bond acceptors (Lipinski definition) is 4. The lowest BCUT2D eigenvalue weighted by Crippen LogP contribution is -1.80. The predicted molar refractivity (Wildman–Crippen MR) is 97.3 cm³/mol. The van der Waals surface area contributed by atoms with Crippen molar-refractivity contribution in [2.75, 3.05) is 0 Å². The quantitative estimate of drug-likeness (QED) is 0.557. The van der Waals surface area contributed by atoms with Crippen LogP contribution in [0.15, 0.2) is 48.7 Å². The number of nitrogens with one attached hydrogen (secondary N) is 2. The van der Waals surface area contributed by atoms with E-state index in [0.29, 0.717) is 28.6 Å². The predicted octanol–water partition coefficient (Wildman–Crippen LogP) is 3.80. The van der Waals surface area contributed by atoms with Gasteiger partial charge in [-0.05, 0) is 29.7 Å². The SMILES string of the molecule is C.O=Cc1ccc2c(C=O)[nH]nc2c1.O=Cc1ccc2cc[nH]c2c1. The zero-order valence-electron chi connectivity index (χ0n) is 12.5. The molecule has 0 bridgehead atoms. The summed E-state index contributed by atoms with van der Waals surface area (Å²) in [6.07, 6.45) is 4.16. The Labute approximate surface area is 143 Å². The van der Waals surface area contributed by atoms with Gasteiger partial charge in [0.25, 0.3) is 0 Å². The van der Waals surface area contributed by atoms with Crippen LogP contribution in [0.4, 0.5) is 0 Å². The molecule has 2 aromatic carbocycles. The molecule has 0 aliphatic carbocycles. The molecule has 6 heteroatoms. The van der Waals surface area contributed by atoms with Gasteiger partial charge in [0.15, 0.2) is 6.29 Å². The van der Waals surface area contributed by atoms with E-state index in [1.54, 1.807) is 18.2 Å². The Hall–Kier alpha value is -3.54. The van der Waals surface area contributed by atoms with Crippen molar-refractivity contribution in [3.63, 3.8) is 0 Å². The van der Waals surface area contributed by atoms with Gasteiger partial charge >= 0.3 is 0 Å². The summed E-state index contributed by atoms with van der Waals surface area (Å²) in [5.74, 6) is 0. The number of H-pyrrole nitrogens is 2. The largest absolute Gasteiger partial charge is 0.361 e. The molecule has 0 saturated heterocycles. The van der Waals surface area contributed by atoms with Gasteiger partial charge in [0.2, 0.25) is 0 Å². The van der Waals surface area contributed by atoms with Crippen LogP contribution in [0.2, 0.25) is 0 Å². The van der Waals surface area contributed by atoms with Gasteiger partial charge < -0.3 is 4.98 Å². The molecule has 4 aromatic rings. The minimum Gasteiger partial charge on any atom is -0.361 e. The molecule has 25 heavy (non-hydrogen) atoms. The van der Waals surface area contributed by atoms with Gasteiger partial charge in [-0.2, -0.15) is 5.10 Å². The highest BCUT2D eigenvalue weighted by atomic mass is 16.1. The number of fused-ring (bicyclic) bond motifs is 2. The molecule has 2 heterocycles. The molecule has 4 rings (SSSR count). The average Bonchev–Trinajstić information content (AvgIpc) is 3.27. The van der Waals surface area contributed by atoms with Gasteiger partial charge in [-0.3, -0.25) is 19.5 Å². The lowest BCUT2D eigenvalue weighted by Gasteiger charge is -1.89. The molecule has 0 fully saturated rings. The van der Waals surface area contributed by atoms with Crippen LogP contribution >= 0.6 is 0 Å².